The summed E-state index contributed by atoms with van der Waals surface area (Å²) in [4.78, 5) is 39.2. The fourth-order valence-corrected chi connectivity index (χ4v) is 4.92. The van der Waals surface area contributed by atoms with E-state index in [1.165, 1.54) is 24.3 Å². The number of likely N-dealkylation sites (tertiary alicyclic amines) is 1. The maximum Gasteiger partial charge on any atom is 0.255 e. The highest BCUT2D eigenvalue weighted by atomic mass is 32.2. The van der Waals surface area contributed by atoms with E-state index in [1.807, 2.05) is 6.92 Å². The maximum absolute atomic E-state index is 12.6. The highest BCUT2D eigenvalue weighted by molar-refractivity contribution is 7.89. The molecule has 3 rings (SSSR count). The van der Waals surface area contributed by atoms with E-state index in [-0.39, 0.29) is 35.0 Å². The highest BCUT2D eigenvalue weighted by Crippen LogP contribution is 2.21. The first kappa shape index (κ1) is 27.3. The van der Waals surface area contributed by atoms with Gasteiger partial charge < -0.3 is 15.5 Å². The van der Waals surface area contributed by atoms with Gasteiger partial charge in [-0.2, -0.15) is 0 Å². The Labute approximate surface area is 212 Å². The van der Waals surface area contributed by atoms with Crippen LogP contribution in [0.2, 0.25) is 0 Å². The summed E-state index contributed by atoms with van der Waals surface area (Å²) in [6, 6.07) is 12.4. The molecule has 1 aliphatic heterocycles. The summed E-state index contributed by atoms with van der Waals surface area (Å²) >= 11 is 0. The molecule has 2 aromatic carbocycles. The highest BCUT2D eigenvalue weighted by Gasteiger charge is 2.33. The van der Waals surface area contributed by atoms with Crippen molar-refractivity contribution in [1.82, 2.24) is 9.62 Å². The van der Waals surface area contributed by atoms with Crippen molar-refractivity contribution in [2.75, 3.05) is 30.3 Å². The normalized spacial score (nSPS) is 15.7. The smallest absolute Gasteiger partial charge is 0.255 e. The number of sulfonamides is 1. The predicted molar refractivity (Wildman–Crippen MR) is 139 cm³/mol. The van der Waals surface area contributed by atoms with E-state index >= 15 is 0 Å². The molecule has 0 spiro atoms. The molecule has 1 fully saturated rings. The monoisotopic (exact) mass is 514 g/mol. The van der Waals surface area contributed by atoms with Gasteiger partial charge in [-0.05, 0) is 61.4 Å². The number of rotatable bonds is 12. The van der Waals surface area contributed by atoms with Gasteiger partial charge in [0.25, 0.3) is 5.91 Å². The summed E-state index contributed by atoms with van der Waals surface area (Å²) in [6.07, 6.45) is 3.77. The van der Waals surface area contributed by atoms with Gasteiger partial charge in [-0.1, -0.05) is 26.7 Å². The summed E-state index contributed by atoms with van der Waals surface area (Å²) in [5.74, 6) is -0.948. The number of anilines is 2. The van der Waals surface area contributed by atoms with Crippen LogP contribution in [0.1, 0.15) is 56.3 Å². The molecular weight excluding hydrogens is 480 g/mol. The number of nitrogens with zero attached hydrogens (tertiary/aromatic N) is 1. The summed E-state index contributed by atoms with van der Waals surface area (Å²) in [6.45, 7) is 5.53. The van der Waals surface area contributed by atoms with E-state index in [0.717, 1.165) is 25.7 Å². The minimum Gasteiger partial charge on any atom is -0.342 e. The molecule has 1 aliphatic rings. The van der Waals surface area contributed by atoms with Gasteiger partial charge in [0, 0.05) is 43.0 Å². The Morgan fingerprint density at radius 3 is 2.17 bits per heavy atom. The van der Waals surface area contributed by atoms with Crippen LogP contribution < -0.4 is 15.4 Å². The SMILES string of the molecule is CCCCNS(=O)(=O)c1ccc(NC(=O)c2ccc(NC(=O)C3CC(=O)N(CCCC)C3)cc2)cc1. The first-order valence-corrected chi connectivity index (χ1v) is 13.8. The van der Waals surface area contributed by atoms with Crippen LogP contribution >= 0.6 is 0 Å². The Morgan fingerprint density at radius 2 is 1.53 bits per heavy atom. The molecule has 1 heterocycles. The van der Waals surface area contributed by atoms with Gasteiger partial charge in [0.05, 0.1) is 10.8 Å². The number of amides is 3. The third kappa shape index (κ3) is 7.38. The molecule has 1 saturated heterocycles. The van der Waals surface area contributed by atoms with Crippen molar-refractivity contribution in [3.8, 4) is 0 Å². The zero-order valence-electron chi connectivity index (χ0n) is 20.7. The molecule has 9 nitrogen and oxygen atoms in total. The molecule has 1 atom stereocenters. The average molecular weight is 515 g/mol. The summed E-state index contributed by atoms with van der Waals surface area (Å²) in [5.41, 5.74) is 1.39. The number of hydrogen-bond donors (Lipinski definition) is 3. The lowest BCUT2D eigenvalue weighted by atomic mass is 10.1. The largest absolute Gasteiger partial charge is 0.342 e. The third-order valence-electron chi connectivity index (χ3n) is 6.03. The van der Waals surface area contributed by atoms with Crippen LogP contribution in [0.25, 0.3) is 0 Å². The van der Waals surface area contributed by atoms with Crippen LogP contribution in [0.5, 0.6) is 0 Å². The van der Waals surface area contributed by atoms with Gasteiger partial charge in [-0.15, -0.1) is 0 Å². The third-order valence-corrected chi connectivity index (χ3v) is 7.50. The van der Waals surface area contributed by atoms with Crippen molar-refractivity contribution < 1.29 is 22.8 Å². The lowest BCUT2D eigenvalue weighted by molar-refractivity contribution is -0.128. The van der Waals surface area contributed by atoms with E-state index in [2.05, 4.69) is 22.3 Å². The van der Waals surface area contributed by atoms with Gasteiger partial charge >= 0.3 is 0 Å². The van der Waals surface area contributed by atoms with Crippen LogP contribution in [0.3, 0.4) is 0 Å². The van der Waals surface area contributed by atoms with E-state index in [9.17, 15) is 22.8 Å². The molecule has 10 heteroatoms. The molecule has 3 N–H and O–H groups in total. The molecule has 0 radical (unpaired) electrons. The van der Waals surface area contributed by atoms with Gasteiger partial charge in [-0.3, -0.25) is 14.4 Å². The van der Waals surface area contributed by atoms with Crippen LogP contribution in [-0.2, 0) is 19.6 Å². The van der Waals surface area contributed by atoms with Gasteiger partial charge in [0.1, 0.15) is 0 Å². The van der Waals surface area contributed by atoms with Crippen LogP contribution in [-0.4, -0.2) is 50.7 Å². The Balaban J connectivity index is 1.53. The second-order valence-corrected chi connectivity index (χ2v) is 10.7. The molecule has 0 aromatic heterocycles. The maximum atomic E-state index is 12.6. The first-order valence-electron chi connectivity index (χ1n) is 12.3. The Hall–Kier alpha value is -3.24. The standard InChI is InChI=1S/C26H34N4O5S/c1-3-5-15-27-36(34,35)23-13-11-22(12-14-23)28-25(32)19-7-9-21(10-8-19)29-26(33)20-17-24(31)30(18-20)16-6-4-2/h7-14,20,27H,3-6,15-18H2,1-2H3,(H,28,32)(H,29,33). The first-order chi connectivity index (χ1) is 17.2. The molecular formula is C26H34N4O5S. The van der Waals surface area contributed by atoms with Gasteiger partial charge in [-0.25, -0.2) is 13.1 Å². The molecule has 36 heavy (non-hydrogen) atoms. The zero-order chi connectivity index (χ0) is 26.1. The predicted octanol–water partition coefficient (Wildman–Crippen LogP) is 3.60. The molecule has 1 unspecified atom stereocenters. The minimum atomic E-state index is -3.58. The van der Waals surface area contributed by atoms with E-state index < -0.39 is 10.0 Å². The number of hydrogen-bond acceptors (Lipinski definition) is 5. The van der Waals surface area contributed by atoms with Crippen LogP contribution in [0.15, 0.2) is 53.4 Å². The molecule has 194 valence electrons. The molecule has 0 aliphatic carbocycles. The number of unbranched alkanes of at least 4 members (excludes halogenated alkanes) is 2. The van der Waals surface area contributed by atoms with Crippen LogP contribution in [0, 0.1) is 5.92 Å². The van der Waals surface area contributed by atoms with E-state index in [0.29, 0.717) is 36.6 Å². The van der Waals surface area contributed by atoms with Crippen LogP contribution in [0.4, 0.5) is 11.4 Å². The Kier molecular flexibility index (Phi) is 9.60. The number of carbonyl (C=O) groups excluding carboxylic acids is 3. The second-order valence-electron chi connectivity index (χ2n) is 8.89. The van der Waals surface area contributed by atoms with Crippen molar-refractivity contribution in [1.29, 1.82) is 0 Å². The van der Waals surface area contributed by atoms with Crippen molar-refractivity contribution in [2.45, 2.75) is 50.8 Å². The fraction of sp³-hybridized carbons (Fsp3) is 0.423. The van der Waals surface area contributed by atoms with Crippen molar-refractivity contribution in [3.63, 3.8) is 0 Å². The molecule has 0 saturated carbocycles. The van der Waals surface area contributed by atoms with Gasteiger partial charge in [0.15, 0.2) is 0 Å². The number of carbonyl (C=O) groups is 3. The lowest BCUT2D eigenvalue weighted by Gasteiger charge is -2.16. The average Bonchev–Trinajstić information content (AvgIpc) is 3.24. The topological polar surface area (TPSA) is 125 Å². The zero-order valence-corrected chi connectivity index (χ0v) is 21.6. The Morgan fingerprint density at radius 1 is 0.917 bits per heavy atom. The summed E-state index contributed by atoms with van der Waals surface area (Å²) < 4.78 is 27.1. The molecule has 0 bridgehead atoms. The quantitative estimate of drug-likeness (QED) is 0.373. The number of benzene rings is 2. The Bertz CT molecular complexity index is 1160. The lowest BCUT2D eigenvalue weighted by Crippen LogP contribution is -2.29. The van der Waals surface area contributed by atoms with E-state index in [4.69, 9.17) is 0 Å². The fourth-order valence-electron chi connectivity index (χ4n) is 3.85. The molecule has 3 amide bonds. The summed E-state index contributed by atoms with van der Waals surface area (Å²) in [5, 5.41) is 5.56. The van der Waals surface area contributed by atoms with E-state index in [1.54, 1.807) is 29.2 Å². The molecule has 2 aromatic rings. The van der Waals surface area contributed by atoms with Crippen molar-refractivity contribution in [2.24, 2.45) is 5.92 Å². The van der Waals surface area contributed by atoms with Crippen molar-refractivity contribution in [3.05, 3.63) is 54.1 Å². The summed E-state index contributed by atoms with van der Waals surface area (Å²) in [7, 11) is -3.58. The second kappa shape index (κ2) is 12.6. The van der Waals surface area contributed by atoms with Crippen molar-refractivity contribution >= 4 is 39.1 Å². The van der Waals surface area contributed by atoms with Gasteiger partial charge in [0.2, 0.25) is 21.8 Å². The minimum absolute atomic E-state index is 0.00834. The number of nitrogens with one attached hydrogen (secondary N) is 3.